The fourth-order valence-corrected chi connectivity index (χ4v) is 2.30. The van der Waals surface area contributed by atoms with Gasteiger partial charge in [0.15, 0.2) is 0 Å². The maximum absolute atomic E-state index is 2.42. The summed E-state index contributed by atoms with van der Waals surface area (Å²) < 4.78 is 0. The van der Waals surface area contributed by atoms with E-state index in [2.05, 4.69) is 32.1 Å². The number of rotatable bonds is 1. The Morgan fingerprint density at radius 2 is 2.50 bits per heavy atom. The van der Waals surface area contributed by atoms with Crippen molar-refractivity contribution in [3.63, 3.8) is 0 Å². The monoisotopic (exact) mass is 134 g/mol. The summed E-state index contributed by atoms with van der Waals surface area (Å²) in [6.45, 7) is 4.56. The van der Waals surface area contributed by atoms with Crippen molar-refractivity contribution in [2.75, 3.05) is 0 Å². The molecule has 54 valence electrons. The molecule has 2 atom stereocenters. The highest BCUT2D eigenvalue weighted by Gasteiger charge is 2.38. The van der Waals surface area contributed by atoms with Crippen LogP contribution < -0.4 is 0 Å². The van der Waals surface area contributed by atoms with Crippen LogP contribution in [0.3, 0.4) is 0 Å². The topological polar surface area (TPSA) is 0 Å². The minimum atomic E-state index is 0.491. The zero-order valence-corrected chi connectivity index (χ0v) is 6.72. The molecule has 0 spiro atoms. The van der Waals surface area contributed by atoms with E-state index in [0.717, 1.165) is 5.92 Å². The predicted octanol–water partition coefficient (Wildman–Crippen LogP) is 2.92. The van der Waals surface area contributed by atoms with Crippen LogP contribution >= 0.6 is 0 Å². The molecule has 0 saturated heterocycles. The van der Waals surface area contributed by atoms with Crippen LogP contribution in [-0.2, 0) is 0 Å². The summed E-state index contributed by atoms with van der Waals surface area (Å²) in [5.74, 6) is 0.778. The quantitative estimate of drug-likeness (QED) is 0.484. The van der Waals surface area contributed by atoms with Crippen molar-refractivity contribution in [1.29, 1.82) is 0 Å². The van der Waals surface area contributed by atoms with Gasteiger partial charge in [-0.25, -0.2) is 0 Å². The number of hydrogen-bond donors (Lipinski definition) is 0. The summed E-state index contributed by atoms with van der Waals surface area (Å²) in [5.41, 5.74) is 2.09. The molecule has 0 nitrogen and oxygen atoms in total. The molecule has 0 heteroatoms. The first kappa shape index (κ1) is 6.21. The van der Waals surface area contributed by atoms with Crippen LogP contribution in [0.1, 0.15) is 26.7 Å². The van der Waals surface area contributed by atoms with E-state index >= 15 is 0 Å². The molecule has 2 aliphatic carbocycles. The van der Waals surface area contributed by atoms with Crippen molar-refractivity contribution in [3.05, 3.63) is 23.8 Å². The normalized spacial score (nSPS) is 42.6. The average Bonchev–Trinajstić information content (AvgIpc) is 2.44. The van der Waals surface area contributed by atoms with E-state index in [1.807, 2.05) is 0 Å². The van der Waals surface area contributed by atoms with Crippen LogP contribution in [0.25, 0.3) is 0 Å². The highest BCUT2D eigenvalue weighted by molar-refractivity contribution is 5.35. The smallest absolute Gasteiger partial charge is 0.00943 e. The molecule has 0 amide bonds. The van der Waals surface area contributed by atoms with Gasteiger partial charge in [-0.2, -0.15) is 0 Å². The summed E-state index contributed by atoms with van der Waals surface area (Å²) in [6, 6.07) is 0. The molecular formula is C10H14. The Balaban J connectivity index is 2.38. The molecule has 0 aromatic rings. The largest absolute Gasteiger partial charge is 0.0807 e. The summed E-state index contributed by atoms with van der Waals surface area (Å²) >= 11 is 0. The minimum absolute atomic E-state index is 0.491. The molecule has 0 fully saturated rings. The van der Waals surface area contributed by atoms with Gasteiger partial charge in [-0.3, -0.25) is 0 Å². The maximum atomic E-state index is 2.42. The second kappa shape index (κ2) is 1.75. The van der Waals surface area contributed by atoms with E-state index < -0.39 is 0 Å². The molecule has 0 heterocycles. The molecule has 2 unspecified atom stereocenters. The Bertz CT molecular complexity index is 210. The van der Waals surface area contributed by atoms with Crippen LogP contribution in [0, 0.1) is 11.3 Å². The molecule has 2 aliphatic rings. The Morgan fingerprint density at radius 3 is 2.80 bits per heavy atom. The van der Waals surface area contributed by atoms with Gasteiger partial charge in [-0.05, 0) is 25.7 Å². The third-order valence-corrected chi connectivity index (χ3v) is 3.14. The minimum Gasteiger partial charge on any atom is -0.0807 e. The van der Waals surface area contributed by atoms with Crippen molar-refractivity contribution in [2.45, 2.75) is 26.7 Å². The van der Waals surface area contributed by atoms with E-state index in [-0.39, 0.29) is 0 Å². The van der Waals surface area contributed by atoms with Crippen molar-refractivity contribution in [2.24, 2.45) is 11.3 Å². The van der Waals surface area contributed by atoms with Crippen LogP contribution in [0.2, 0.25) is 0 Å². The van der Waals surface area contributed by atoms with E-state index in [1.54, 1.807) is 5.57 Å². The summed E-state index contributed by atoms with van der Waals surface area (Å²) in [7, 11) is 0. The van der Waals surface area contributed by atoms with Crippen molar-refractivity contribution >= 4 is 0 Å². The van der Waals surface area contributed by atoms with Gasteiger partial charge in [-0.15, -0.1) is 0 Å². The average molecular weight is 134 g/mol. The molecule has 0 radical (unpaired) electrons. The third kappa shape index (κ3) is 0.570. The van der Waals surface area contributed by atoms with E-state index in [4.69, 9.17) is 0 Å². The lowest BCUT2D eigenvalue weighted by atomic mass is 9.81. The first-order chi connectivity index (χ1) is 4.77. The summed E-state index contributed by atoms with van der Waals surface area (Å²) in [6.07, 6.45) is 9.82. The zero-order chi connectivity index (χ0) is 7.19. The molecule has 0 aromatic carbocycles. The first-order valence-corrected chi connectivity index (χ1v) is 4.15. The van der Waals surface area contributed by atoms with Gasteiger partial charge in [0.2, 0.25) is 0 Å². The van der Waals surface area contributed by atoms with Crippen LogP contribution in [-0.4, -0.2) is 0 Å². The first-order valence-electron chi connectivity index (χ1n) is 4.15. The lowest BCUT2D eigenvalue weighted by Gasteiger charge is -2.23. The second-order valence-electron chi connectivity index (χ2n) is 3.59. The second-order valence-corrected chi connectivity index (χ2v) is 3.59. The molecule has 10 heavy (non-hydrogen) atoms. The van der Waals surface area contributed by atoms with Crippen LogP contribution in [0.15, 0.2) is 23.8 Å². The van der Waals surface area contributed by atoms with Gasteiger partial charge in [0.1, 0.15) is 0 Å². The predicted molar refractivity (Wildman–Crippen MR) is 43.7 cm³/mol. The van der Waals surface area contributed by atoms with E-state index in [0.29, 0.717) is 5.41 Å². The lowest BCUT2D eigenvalue weighted by Crippen LogP contribution is -2.11. The van der Waals surface area contributed by atoms with Gasteiger partial charge in [0.05, 0.1) is 0 Å². The SMILES string of the molecule is CCC12C=CC(C=C1C)C2. The summed E-state index contributed by atoms with van der Waals surface area (Å²) in [5, 5.41) is 0. The van der Waals surface area contributed by atoms with Crippen molar-refractivity contribution < 1.29 is 0 Å². The summed E-state index contributed by atoms with van der Waals surface area (Å²) in [4.78, 5) is 0. The molecule has 0 aromatic heterocycles. The standard InChI is InChI=1S/C10H14/c1-3-10-5-4-9(7-10)6-8(10)2/h4-6,9H,3,7H2,1-2H3. The third-order valence-electron chi connectivity index (χ3n) is 3.14. The highest BCUT2D eigenvalue weighted by atomic mass is 14.4. The molecule has 2 bridgehead atoms. The molecule has 2 rings (SSSR count). The number of allylic oxidation sites excluding steroid dienone is 4. The molecular weight excluding hydrogens is 120 g/mol. The van der Waals surface area contributed by atoms with Gasteiger partial charge in [0, 0.05) is 5.41 Å². The van der Waals surface area contributed by atoms with E-state index in [1.165, 1.54) is 12.8 Å². The Kier molecular flexibility index (Phi) is 1.08. The maximum Gasteiger partial charge on any atom is 0.00943 e. The molecule has 0 N–H and O–H groups in total. The lowest BCUT2D eigenvalue weighted by molar-refractivity contribution is 0.441. The zero-order valence-electron chi connectivity index (χ0n) is 6.72. The van der Waals surface area contributed by atoms with Crippen molar-refractivity contribution in [3.8, 4) is 0 Å². The van der Waals surface area contributed by atoms with Gasteiger partial charge in [0.25, 0.3) is 0 Å². The fourth-order valence-electron chi connectivity index (χ4n) is 2.30. The Hall–Kier alpha value is -0.520. The fraction of sp³-hybridized carbons (Fsp3) is 0.600. The highest BCUT2D eigenvalue weighted by Crippen LogP contribution is 2.50. The van der Waals surface area contributed by atoms with Crippen molar-refractivity contribution in [1.82, 2.24) is 0 Å². The van der Waals surface area contributed by atoms with E-state index in [9.17, 15) is 0 Å². The Morgan fingerprint density at radius 1 is 1.70 bits per heavy atom. The number of fused-ring (bicyclic) bond motifs is 2. The van der Waals surface area contributed by atoms with Crippen LogP contribution in [0.5, 0.6) is 0 Å². The van der Waals surface area contributed by atoms with Gasteiger partial charge in [-0.1, -0.05) is 30.7 Å². The Labute approximate surface area is 62.6 Å². The molecule has 0 saturated carbocycles. The number of hydrogen-bond acceptors (Lipinski definition) is 0. The van der Waals surface area contributed by atoms with Crippen LogP contribution in [0.4, 0.5) is 0 Å². The molecule has 0 aliphatic heterocycles. The van der Waals surface area contributed by atoms with Gasteiger partial charge >= 0.3 is 0 Å². The van der Waals surface area contributed by atoms with Gasteiger partial charge < -0.3 is 0 Å².